The molecule has 0 aliphatic carbocycles. The highest BCUT2D eigenvalue weighted by molar-refractivity contribution is 7.99. The van der Waals surface area contributed by atoms with Crippen LogP contribution < -0.4 is 0 Å². The van der Waals surface area contributed by atoms with E-state index in [0.29, 0.717) is 0 Å². The fraction of sp³-hybridized carbons (Fsp3) is 0.400. The van der Waals surface area contributed by atoms with Crippen molar-refractivity contribution in [2.45, 2.75) is 22.3 Å². The van der Waals surface area contributed by atoms with Gasteiger partial charge in [0.05, 0.1) is 6.61 Å². The predicted molar refractivity (Wildman–Crippen MR) is 104 cm³/mol. The Kier molecular flexibility index (Phi) is 5.53. The van der Waals surface area contributed by atoms with Crippen LogP contribution in [0.4, 0.5) is 4.39 Å². The third kappa shape index (κ3) is 3.78. The normalized spacial score (nSPS) is 21.1. The van der Waals surface area contributed by atoms with Crippen molar-refractivity contribution < 1.29 is 9.50 Å². The molecule has 138 valence electrons. The summed E-state index contributed by atoms with van der Waals surface area (Å²) in [4.78, 5) is 6.95. The average molecular weight is 393 g/mol. The highest BCUT2D eigenvalue weighted by Gasteiger charge is 2.30. The average Bonchev–Trinajstić information content (AvgIpc) is 2.79. The van der Waals surface area contributed by atoms with Crippen LogP contribution in [0.2, 0.25) is 5.02 Å². The van der Waals surface area contributed by atoms with Crippen LogP contribution in [0.15, 0.2) is 46.2 Å². The second kappa shape index (κ2) is 7.87. The Morgan fingerprint density at radius 1 is 1.08 bits per heavy atom. The molecule has 2 aromatic rings. The number of nitrogens with zero attached hydrogens (tertiary/aromatic N) is 2. The zero-order valence-electron chi connectivity index (χ0n) is 14.5. The Hall–Kier alpha value is -1.11. The lowest BCUT2D eigenvalue weighted by atomic mass is 9.96. The molecular formula is C20H22ClFN2OS. The van der Waals surface area contributed by atoms with Gasteiger partial charge in [-0.25, -0.2) is 4.39 Å². The molecule has 2 aromatic carbocycles. The van der Waals surface area contributed by atoms with E-state index in [1.54, 1.807) is 23.9 Å². The van der Waals surface area contributed by atoms with Crippen molar-refractivity contribution in [3.05, 3.63) is 58.4 Å². The summed E-state index contributed by atoms with van der Waals surface area (Å²) in [6.07, 6.45) is 0.857. The number of hydrogen-bond acceptors (Lipinski definition) is 4. The quantitative estimate of drug-likeness (QED) is 0.858. The van der Waals surface area contributed by atoms with Gasteiger partial charge < -0.3 is 5.11 Å². The SMILES string of the molecule is OCCN1CCN([C@@H]2Cc3ccc(F)cc3Sc3ccc(Cl)cc32)CC1. The van der Waals surface area contributed by atoms with Crippen LogP contribution in [0, 0.1) is 5.82 Å². The molecule has 0 unspecified atom stereocenters. The van der Waals surface area contributed by atoms with Gasteiger partial charge in [-0.15, -0.1) is 0 Å². The van der Waals surface area contributed by atoms with Gasteiger partial charge in [0.15, 0.2) is 0 Å². The van der Waals surface area contributed by atoms with Gasteiger partial charge in [0, 0.05) is 53.6 Å². The summed E-state index contributed by atoms with van der Waals surface area (Å²) in [7, 11) is 0. The summed E-state index contributed by atoms with van der Waals surface area (Å²) >= 11 is 7.95. The van der Waals surface area contributed by atoms with Crippen molar-refractivity contribution in [2.75, 3.05) is 39.3 Å². The van der Waals surface area contributed by atoms with Crippen molar-refractivity contribution in [2.24, 2.45) is 0 Å². The molecule has 2 heterocycles. The molecule has 1 N–H and O–H groups in total. The molecular weight excluding hydrogens is 371 g/mol. The molecule has 1 fully saturated rings. The van der Waals surface area contributed by atoms with E-state index in [1.165, 1.54) is 11.1 Å². The van der Waals surface area contributed by atoms with E-state index in [9.17, 15) is 4.39 Å². The number of piperazine rings is 1. The number of aliphatic hydroxyl groups is 1. The lowest BCUT2D eigenvalue weighted by Crippen LogP contribution is -2.48. The zero-order valence-corrected chi connectivity index (χ0v) is 16.1. The fourth-order valence-electron chi connectivity index (χ4n) is 3.87. The minimum absolute atomic E-state index is 0.192. The van der Waals surface area contributed by atoms with Gasteiger partial charge in [0.25, 0.3) is 0 Å². The highest BCUT2D eigenvalue weighted by atomic mass is 35.5. The number of β-amino-alcohol motifs (C(OH)–C–C–N with tert-alkyl or cyclic N) is 1. The minimum Gasteiger partial charge on any atom is -0.395 e. The number of aliphatic hydroxyl groups excluding tert-OH is 1. The molecule has 0 radical (unpaired) electrons. The first kappa shape index (κ1) is 18.3. The van der Waals surface area contributed by atoms with Gasteiger partial charge >= 0.3 is 0 Å². The molecule has 6 heteroatoms. The van der Waals surface area contributed by atoms with Crippen LogP contribution in [-0.4, -0.2) is 54.2 Å². The summed E-state index contributed by atoms with van der Waals surface area (Å²) < 4.78 is 13.8. The maximum absolute atomic E-state index is 13.8. The zero-order chi connectivity index (χ0) is 18.1. The van der Waals surface area contributed by atoms with Gasteiger partial charge in [0.2, 0.25) is 0 Å². The Labute approximate surface area is 162 Å². The van der Waals surface area contributed by atoms with E-state index >= 15 is 0 Å². The van der Waals surface area contributed by atoms with Gasteiger partial charge in [-0.2, -0.15) is 0 Å². The van der Waals surface area contributed by atoms with Crippen molar-refractivity contribution in [3.8, 4) is 0 Å². The molecule has 0 aromatic heterocycles. The summed E-state index contributed by atoms with van der Waals surface area (Å²) in [5.41, 5.74) is 2.42. The molecule has 26 heavy (non-hydrogen) atoms. The molecule has 0 saturated carbocycles. The largest absolute Gasteiger partial charge is 0.395 e. The predicted octanol–water partition coefficient (Wildman–Crippen LogP) is 3.84. The van der Waals surface area contributed by atoms with E-state index in [1.807, 2.05) is 12.1 Å². The topological polar surface area (TPSA) is 26.7 Å². The van der Waals surface area contributed by atoms with Crippen molar-refractivity contribution >= 4 is 23.4 Å². The van der Waals surface area contributed by atoms with Crippen LogP contribution in [0.25, 0.3) is 0 Å². The number of halogens is 2. The monoisotopic (exact) mass is 392 g/mol. The van der Waals surface area contributed by atoms with Crippen molar-refractivity contribution in [1.29, 1.82) is 0 Å². The maximum atomic E-state index is 13.8. The molecule has 2 aliphatic heterocycles. The molecule has 0 amide bonds. The summed E-state index contributed by atoms with van der Waals surface area (Å²) in [5.74, 6) is -0.192. The van der Waals surface area contributed by atoms with E-state index in [-0.39, 0.29) is 18.5 Å². The Morgan fingerprint density at radius 3 is 2.65 bits per heavy atom. The summed E-state index contributed by atoms with van der Waals surface area (Å²) in [6.45, 7) is 4.76. The molecule has 3 nitrogen and oxygen atoms in total. The number of benzene rings is 2. The first-order valence-corrected chi connectivity index (χ1v) is 10.2. The van der Waals surface area contributed by atoms with Crippen LogP contribution in [0.5, 0.6) is 0 Å². The maximum Gasteiger partial charge on any atom is 0.124 e. The third-order valence-electron chi connectivity index (χ3n) is 5.26. The molecule has 1 atom stereocenters. The lowest BCUT2D eigenvalue weighted by molar-refractivity contribution is 0.0823. The van der Waals surface area contributed by atoms with Crippen molar-refractivity contribution in [3.63, 3.8) is 0 Å². The highest BCUT2D eigenvalue weighted by Crippen LogP contribution is 2.44. The molecule has 1 saturated heterocycles. The first-order valence-electron chi connectivity index (χ1n) is 8.97. The second-order valence-electron chi connectivity index (χ2n) is 6.86. The second-order valence-corrected chi connectivity index (χ2v) is 8.38. The van der Waals surface area contributed by atoms with E-state index in [2.05, 4.69) is 21.9 Å². The fourth-order valence-corrected chi connectivity index (χ4v) is 5.19. The van der Waals surface area contributed by atoms with Gasteiger partial charge in [0.1, 0.15) is 5.82 Å². The Balaban J connectivity index is 1.67. The summed E-state index contributed by atoms with van der Waals surface area (Å²) in [5, 5.41) is 9.90. The lowest BCUT2D eigenvalue weighted by Gasteiger charge is -2.39. The van der Waals surface area contributed by atoms with Gasteiger partial charge in [-0.1, -0.05) is 29.4 Å². The van der Waals surface area contributed by atoms with Crippen LogP contribution >= 0.6 is 23.4 Å². The number of hydrogen-bond donors (Lipinski definition) is 1. The minimum atomic E-state index is -0.192. The van der Waals surface area contributed by atoms with Crippen LogP contribution in [0.1, 0.15) is 17.2 Å². The van der Waals surface area contributed by atoms with Gasteiger partial charge in [-0.05, 0) is 47.9 Å². The smallest absolute Gasteiger partial charge is 0.124 e. The van der Waals surface area contributed by atoms with Crippen LogP contribution in [-0.2, 0) is 6.42 Å². The molecule has 4 rings (SSSR count). The van der Waals surface area contributed by atoms with Crippen molar-refractivity contribution in [1.82, 2.24) is 9.80 Å². The van der Waals surface area contributed by atoms with E-state index in [4.69, 9.17) is 16.7 Å². The Morgan fingerprint density at radius 2 is 1.88 bits per heavy atom. The number of rotatable bonds is 3. The van der Waals surface area contributed by atoms with E-state index < -0.39 is 0 Å². The number of fused-ring (bicyclic) bond motifs is 2. The standard InChI is InChI=1S/C20H22ClFN2OS/c21-15-2-4-19-17(12-15)18(24-7-5-23(6-8-24)9-10-25)11-14-1-3-16(22)13-20(14)26-19/h1-4,12-13,18,25H,5-11H2/t18-/m1/s1. The van der Waals surface area contributed by atoms with Gasteiger partial charge in [-0.3, -0.25) is 9.80 Å². The van der Waals surface area contributed by atoms with E-state index in [0.717, 1.165) is 54.0 Å². The molecule has 2 aliphatic rings. The Bertz CT molecular complexity index is 795. The van der Waals surface area contributed by atoms with Crippen LogP contribution in [0.3, 0.4) is 0 Å². The third-order valence-corrected chi connectivity index (χ3v) is 6.68. The molecule has 0 spiro atoms. The first-order chi connectivity index (χ1) is 12.6. The summed E-state index contributed by atoms with van der Waals surface area (Å²) in [6, 6.07) is 11.4. The molecule has 0 bridgehead atoms.